The number of nitrogens with zero attached hydrogens (tertiary/aromatic N) is 4. The molecule has 1 saturated heterocycles. The molecule has 2 heterocycles. The van der Waals surface area contributed by atoms with Crippen LogP contribution in [0.1, 0.15) is 30.7 Å². The van der Waals surface area contributed by atoms with Gasteiger partial charge in [-0.1, -0.05) is 4.48 Å². The van der Waals surface area contributed by atoms with Gasteiger partial charge in [-0.15, -0.1) is 0 Å². The molecule has 2 unspecified atom stereocenters. The van der Waals surface area contributed by atoms with Crippen molar-refractivity contribution in [1.82, 2.24) is 14.9 Å². The first kappa shape index (κ1) is 20.7. The molecule has 2 fully saturated rings. The largest absolute Gasteiger partial charge is 0.383 e. The maximum Gasteiger partial charge on any atom is 0.225 e. The van der Waals surface area contributed by atoms with Crippen LogP contribution in [0.15, 0.2) is 0 Å². The van der Waals surface area contributed by atoms with E-state index in [0.717, 1.165) is 19.3 Å². The Morgan fingerprint density at radius 3 is 2.79 bits per heavy atom. The molecule has 1 aliphatic heterocycles. The van der Waals surface area contributed by atoms with E-state index in [1.54, 1.807) is 6.92 Å². The van der Waals surface area contributed by atoms with Crippen LogP contribution < -0.4 is 10.4 Å². The quantitative estimate of drug-likeness (QED) is 0.706. The molecule has 1 saturated carbocycles. The highest BCUT2D eigenvalue weighted by Gasteiger charge is 2.33. The lowest BCUT2D eigenvalue weighted by molar-refractivity contribution is -0.139. The highest BCUT2D eigenvalue weighted by molar-refractivity contribution is 5.79. The molecule has 1 N–H and O–H groups in total. The third-order valence-corrected chi connectivity index (χ3v) is 5.40. The Morgan fingerprint density at radius 2 is 2.07 bits per heavy atom. The van der Waals surface area contributed by atoms with Crippen LogP contribution in [-0.2, 0) is 14.3 Å². The molecule has 156 valence electrons. The number of carbonyl (C=O) groups is 1. The van der Waals surface area contributed by atoms with Crippen LogP contribution >= 0.6 is 0 Å². The Kier molecular flexibility index (Phi) is 7.01. The number of morpholine rings is 1. The van der Waals surface area contributed by atoms with Crippen LogP contribution in [0.3, 0.4) is 0 Å². The summed E-state index contributed by atoms with van der Waals surface area (Å²) in [5.74, 6) is 1.64. The zero-order valence-corrected chi connectivity index (χ0v) is 16.9. The minimum absolute atomic E-state index is 0.0256. The van der Waals surface area contributed by atoms with Gasteiger partial charge in [-0.2, -0.15) is 5.12 Å². The minimum atomic E-state index is 0.0256. The molecule has 0 bridgehead atoms. The second kappa shape index (κ2) is 9.47. The molecule has 1 aliphatic carbocycles. The van der Waals surface area contributed by atoms with Crippen molar-refractivity contribution in [3.05, 3.63) is 11.4 Å². The van der Waals surface area contributed by atoms with E-state index >= 15 is 0 Å². The van der Waals surface area contributed by atoms with Gasteiger partial charge in [-0.3, -0.25) is 4.79 Å². The number of aryl methyl sites for hydroxylation is 1. The molecule has 0 radical (unpaired) electrons. The minimum Gasteiger partial charge on any atom is -0.383 e. The van der Waals surface area contributed by atoms with E-state index in [1.165, 1.54) is 7.11 Å². The number of rotatable bonds is 7. The van der Waals surface area contributed by atoms with Crippen molar-refractivity contribution in [2.75, 3.05) is 57.0 Å². The number of halogens is 1. The van der Waals surface area contributed by atoms with Gasteiger partial charge in [0.25, 0.3) is 0 Å². The van der Waals surface area contributed by atoms with E-state index in [1.807, 2.05) is 11.8 Å². The normalized spacial score (nSPS) is 22.4. The summed E-state index contributed by atoms with van der Waals surface area (Å²) in [5, 5.41) is 4.01. The third-order valence-electron chi connectivity index (χ3n) is 5.40. The number of aromatic nitrogens is 2. The van der Waals surface area contributed by atoms with Crippen molar-refractivity contribution >= 4 is 17.5 Å². The fraction of sp³-hybridized carbons (Fsp3) is 0.737. The predicted octanol–water partition coefficient (Wildman–Crippen LogP) is 1.87. The van der Waals surface area contributed by atoms with Gasteiger partial charge in [0.05, 0.1) is 26.4 Å². The smallest absolute Gasteiger partial charge is 0.225 e. The van der Waals surface area contributed by atoms with Crippen LogP contribution in [-0.4, -0.2) is 73.4 Å². The summed E-state index contributed by atoms with van der Waals surface area (Å²) in [6.45, 7) is 6.52. The SMILES string of the molecule is COCCN(F)c1nc(C)nc(NC2CCC(C(=O)N3CCOCC3)C2)c1C. The predicted molar refractivity (Wildman–Crippen MR) is 104 cm³/mol. The van der Waals surface area contributed by atoms with Gasteiger partial charge < -0.3 is 19.7 Å². The molecule has 9 heteroatoms. The second-order valence-electron chi connectivity index (χ2n) is 7.44. The Morgan fingerprint density at radius 1 is 1.32 bits per heavy atom. The van der Waals surface area contributed by atoms with E-state index < -0.39 is 0 Å². The molecule has 3 rings (SSSR count). The van der Waals surface area contributed by atoms with Gasteiger partial charge in [-0.25, -0.2) is 9.97 Å². The number of nitrogens with one attached hydrogen (secondary N) is 1. The van der Waals surface area contributed by atoms with E-state index in [4.69, 9.17) is 9.47 Å². The highest BCUT2D eigenvalue weighted by atomic mass is 19.2. The average molecular weight is 395 g/mol. The van der Waals surface area contributed by atoms with E-state index in [-0.39, 0.29) is 36.8 Å². The van der Waals surface area contributed by atoms with Crippen molar-refractivity contribution in [1.29, 1.82) is 0 Å². The van der Waals surface area contributed by atoms with Gasteiger partial charge in [-0.05, 0) is 33.1 Å². The van der Waals surface area contributed by atoms with E-state index in [9.17, 15) is 9.28 Å². The maximum atomic E-state index is 14.4. The summed E-state index contributed by atoms with van der Waals surface area (Å²) in [6.07, 6.45) is 2.51. The molecule has 0 aromatic carbocycles. The number of hydrogen-bond donors (Lipinski definition) is 1. The lowest BCUT2D eigenvalue weighted by Crippen LogP contribution is -2.43. The van der Waals surface area contributed by atoms with Gasteiger partial charge in [0.2, 0.25) is 5.91 Å². The lowest BCUT2D eigenvalue weighted by Gasteiger charge is -2.29. The van der Waals surface area contributed by atoms with Gasteiger partial charge in [0.1, 0.15) is 11.6 Å². The summed E-state index contributed by atoms with van der Waals surface area (Å²) >= 11 is 0. The zero-order chi connectivity index (χ0) is 20.1. The van der Waals surface area contributed by atoms with Crippen molar-refractivity contribution in [2.45, 2.75) is 39.2 Å². The zero-order valence-electron chi connectivity index (χ0n) is 16.9. The van der Waals surface area contributed by atoms with Crippen LogP contribution in [0.5, 0.6) is 0 Å². The fourth-order valence-electron chi connectivity index (χ4n) is 3.84. The molecule has 0 spiro atoms. The molecular formula is C19H30FN5O3. The van der Waals surface area contributed by atoms with Crippen LogP contribution in [0, 0.1) is 19.8 Å². The third kappa shape index (κ3) is 4.88. The first-order chi connectivity index (χ1) is 13.5. The molecule has 8 nitrogen and oxygen atoms in total. The van der Waals surface area contributed by atoms with Crippen molar-refractivity contribution in [3.8, 4) is 0 Å². The summed E-state index contributed by atoms with van der Waals surface area (Å²) in [5.41, 5.74) is 0.659. The Labute approximate surface area is 165 Å². The Hall–Kier alpha value is -2.00. The Balaban J connectivity index is 1.64. The summed E-state index contributed by atoms with van der Waals surface area (Å²) in [4.78, 5) is 23.3. The molecule has 1 aromatic rings. The second-order valence-corrected chi connectivity index (χ2v) is 7.44. The number of ether oxygens (including phenoxy) is 2. The molecule has 28 heavy (non-hydrogen) atoms. The summed E-state index contributed by atoms with van der Waals surface area (Å²) in [6, 6.07) is 0.142. The molecule has 2 aliphatic rings. The summed E-state index contributed by atoms with van der Waals surface area (Å²) < 4.78 is 24.7. The van der Waals surface area contributed by atoms with Crippen molar-refractivity contribution in [2.24, 2.45) is 5.92 Å². The van der Waals surface area contributed by atoms with Gasteiger partial charge >= 0.3 is 0 Å². The number of hydrogen-bond acceptors (Lipinski definition) is 7. The average Bonchev–Trinajstić information content (AvgIpc) is 3.17. The topological polar surface area (TPSA) is 79.8 Å². The number of carbonyl (C=O) groups excluding carboxylic acids is 1. The maximum absolute atomic E-state index is 14.4. The lowest BCUT2D eigenvalue weighted by atomic mass is 10.1. The van der Waals surface area contributed by atoms with Gasteiger partial charge in [0, 0.05) is 37.7 Å². The first-order valence-electron chi connectivity index (χ1n) is 9.90. The molecule has 1 aromatic heterocycles. The number of methoxy groups -OCH3 is 1. The van der Waals surface area contributed by atoms with Crippen LogP contribution in [0.2, 0.25) is 0 Å². The number of anilines is 2. The Bertz CT molecular complexity index is 684. The summed E-state index contributed by atoms with van der Waals surface area (Å²) in [7, 11) is 1.54. The van der Waals surface area contributed by atoms with Crippen molar-refractivity contribution in [3.63, 3.8) is 0 Å². The first-order valence-corrected chi connectivity index (χ1v) is 9.90. The highest BCUT2D eigenvalue weighted by Crippen LogP contribution is 2.32. The van der Waals surface area contributed by atoms with E-state index in [0.29, 0.717) is 48.6 Å². The molecule has 1 amide bonds. The number of amides is 1. The fourth-order valence-corrected chi connectivity index (χ4v) is 3.84. The van der Waals surface area contributed by atoms with Gasteiger partial charge in [0.15, 0.2) is 5.82 Å². The molecular weight excluding hydrogens is 365 g/mol. The van der Waals surface area contributed by atoms with E-state index in [2.05, 4.69) is 15.3 Å². The standard InChI is InChI=1S/C19H30FN5O3/c1-13-17(21-14(2)22-18(13)25(20)8-9-27-3)23-16-5-4-15(12-16)19(26)24-6-10-28-11-7-24/h15-16H,4-12H2,1-3H3,(H,21,22,23). The van der Waals surface area contributed by atoms with Crippen LogP contribution in [0.25, 0.3) is 0 Å². The monoisotopic (exact) mass is 395 g/mol. The molecule has 2 atom stereocenters. The van der Waals surface area contributed by atoms with Crippen LogP contribution in [0.4, 0.5) is 16.1 Å². The van der Waals surface area contributed by atoms with Crippen molar-refractivity contribution < 1.29 is 18.7 Å².